The molecule has 0 bridgehead atoms. The van der Waals surface area contributed by atoms with Crippen molar-refractivity contribution in [1.82, 2.24) is 10.2 Å². The molecule has 0 saturated carbocycles. The maximum Gasteiger partial charge on any atom is 0.325 e. The van der Waals surface area contributed by atoms with Crippen LogP contribution >= 0.6 is 24.0 Å². The van der Waals surface area contributed by atoms with Crippen LogP contribution in [0.4, 0.5) is 0 Å². The van der Waals surface area contributed by atoms with Gasteiger partial charge in [-0.1, -0.05) is 30.0 Å². The normalized spacial score (nSPS) is 16.4. The van der Waals surface area contributed by atoms with E-state index in [2.05, 4.69) is 5.32 Å². The third kappa shape index (κ3) is 5.46. The van der Waals surface area contributed by atoms with Crippen LogP contribution in [0.15, 0.2) is 23.1 Å². The number of rotatable bonds is 8. The van der Waals surface area contributed by atoms with E-state index in [0.29, 0.717) is 27.1 Å². The van der Waals surface area contributed by atoms with Crippen molar-refractivity contribution >= 4 is 52.2 Å². The van der Waals surface area contributed by atoms with Crippen molar-refractivity contribution in [3.8, 4) is 11.5 Å². The molecule has 10 heteroatoms. The Morgan fingerprint density at radius 1 is 1.43 bits per heavy atom. The van der Waals surface area contributed by atoms with E-state index < -0.39 is 17.9 Å². The fourth-order valence-electron chi connectivity index (χ4n) is 2.32. The molecule has 2 rings (SSSR count). The Kier molecular flexibility index (Phi) is 7.41. The number of benzene rings is 1. The number of nitrogens with zero attached hydrogens (tertiary/aromatic N) is 1. The lowest BCUT2D eigenvalue weighted by Crippen LogP contribution is -2.40. The van der Waals surface area contributed by atoms with Crippen LogP contribution in [0.1, 0.15) is 25.8 Å². The molecule has 0 radical (unpaired) electrons. The van der Waals surface area contributed by atoms with Crippen LogP contribution in [0.3, 0.4) is 0 Å². The van der Waals surface area contributed by atoms with Crippen LogP contribution in [0, 0.1) is 0 Å². The Labute approximate surface area is 171 Å². The molecule has 1 unspecified atom stereocenters. The molecule has 1 aliphatic rings. The Morgan fingerprint density at radius 2 is 2.14 bits per heavy atom. The van der Waals surface area contributed by atoms with E-state index in [-0.39, 0.29) is 24.6 Å². The first-order chi connectivity index (χ1) is 13.2. The van der Waals surface area contributed by atoms with Crippen LogP contribution in [-0.4, -0.2) is 56.4 Å². The molecule has 2 amide bonds. The van der Waals surface area contributed by atoms with Gasteiger partial charge in [0.1, 0.15) is 10.4 Å². The number of aromatic hydroxyl groups is 1. The third-order valence-electron chi connectivity index (χ3n) is 3.77. The van der Waals surface area contributed by atoms with Gasteiger partial charge in [-0.3, -0.25) is 19.3 Å². The van der Waals surface area contributed by atoms with Gasteiger partial charge < -0.3 is 20.3 Å². The van der Waals surface area contributed by atoms with Crippen LogP contribution < -0.4 is 10.1 Å². The second-order valence-corrected chi connectivity index (χ2v) is 7.55. The van der Waals surface area contributed by atoms with Crippen LogP contribution in [0.5, 0.6) is 11.5 Å². The summed E-state index contributed by atoms with van der Waals surface area (Å²) >= 11 is 6.33. The average Bonchev–Trinajstić information content (AvgIpc) is 2.89. The first kappa shape index (κ1) is 21.7. The first-order valence-corrected chi connectivity index (χ1v) is 9.68. The van der Waals surface area contributed by atoms with E-state index >= 15 is 0 Å². The summed E-state index contributed by atoms with van der Waals surface area (Å²) in [6.45, 7) is 3.60. The fourth-order valence-corrected chi connectivity index (χ4v) is 3.63. The smallest absolute Gasteiger partial charge is 0.325 e. The lowest BCUT2D eigenvalue weighted by Gasteiger charge is -2.15. The number of phenols is 1. The summed E-state index contributed by atoms with van der Waals surface area (Å²) in [5.41, 5.74) is 0.662. The molecule has 1 atom stereocenters. The highest BCUT2D eigenvalue weighted by atomic mass is 32.2. The topological polar surface area (TPSA) is 116 Å². The molecule has 150 valence electrons. The zero-order valence-corrected chi connectivity index (χ0v) is 16.9. The highest BCUT2D eigenvalue weighted by Crippen LogP contribution is 2.34. The molecular weight excluding hydrogens is 404 g/mol. The van der Waals surface area contributed by atoms with Crippen LogP contribution in [0.2, 0.25) is 0 Å². The number of carboxylic acid groups (broad SMARTS) is 1. The molecule has 0 aliphatic carbocycles. The maximum atomic E-state index is 12.6. The number of ether oxygens (including phenoxy) is 1. The number of thioether (sulfide) groups is 1. The minimum Gasteiger partial charge on any atom is -0.504 e. The number of carboxylic acids is 1. The van der Waals surface area contributed by atoms with Gasteiger partial charge in [-0.2, -0.15) is 0 Å². The molecule has 1 heterocycles. The molecule has 1 aromatic rings. The summed E-state index contributed by atoms with van der Waals surface area (Å²) in [5.74, 6) is -1.63. The predicted octanol–water partition coefficient (Wildman–Crippen LogP) is 1.97. The van der Waals surface area contributed by atoms with E-state index in [9.17, 15) is 19.5 Å². The van der Waals surface area contributed by atoms with E-state index in [1.54, 1.807) is 25.1 Å². The van der Waals surface area contributed by atoms with E-state index in [4.69, 9.17) is 22.1 Å². The number of thiocarbonyl (C=S) groups is 1. The molecule has 1 fully saturated rings. The maximum absolute atomic E-state index is 12.6. The molecule has 0 aromatic heterocycles. The van der Waals surface area contributed by atoms with Gasteiger partial charge in [0.15, 0.2) is 11.5 Å². The largest absolute Gasteiger partial charge is 0.504 e. The number of amides is 2. The Bertz CT molecular complexity index is 839. The monoisotopic (exact) mass is 424 g/mol. The summed E-state index contributed by atoms with van der Waals surface area (Å²) in [6.07, 6.45) is 1.57. The predicted molar refractivity (Wildman–Crippen MR) is 109 cm³/mol. The first-order valence-electron chi connectivity index (χ1n) is 8.46. The van der Waals surface area contributed by atoms with E-state index in [1.165, 1.54) is 17.9 Å². The lowest BCUT2D eigenvalue weighted by molar-refractivity contribution is -0.141. The fraction of sp³-hybridized carbons (Fsp3) is 0.333. The molecular formula is C18H20N2O6S2. The van der Waals surface area contributed by atoms with Gasteiger partial charge in [-0.15, -0.1) is 0 Å². The molecule has 0 spiro atoms. The van der Waals surface area contributed by atoms with Crippen LogP contribution in [-0.2, 0) is 14.4 Å². The molecule has 28 heavy (non-hydrogen) atoms. The van der Waals surface area contributed by atoms with Crippen molar-refractivity contribution in [1.29, 1.82) is 0 Å². The average molecular weight is 425 g/mol. The Morgan fingerprint density at radius 3 is 2.79 bits per heavy atom. The highest BCUT2D eigenvalue weighted by molar-refractivity contribution is 8.26. The number of hydrogen-bond acceptors (Lipinski definition) is 7. The summed E-state index contributed by atoms with van der Waals surface area (Å²) in [4.78, 5) is 36.9. The SMILES string of the molecule is CCOc1cc(/C=C2\SC(=S)N(CCC(=O)NC(C)C(=O)O)C2=O)ccc1O. The zero-order chi connectivity index (χ0) is 20.8. The van der Waals surface area contributed by atoms with E-state index in [0.717, 1.165) is 11.8 Å². The van der Waals surface area contributed by atoms with Crippen molar-refractivity contribution in [3.05, 3.63) is 28.7 Å². The molecule has 1 aliphatic heterocycles. The highest BCUT2D eigenvalue weighted by Gasteiger charge is 2.32. The number of phenolic OH excluding ortho intramolecular Hbond substituents is 1. The number of nitrogens with one attached hydrogen (secondary N) is 1. The van der Waals surface area contributed by atoms with Gasteiger partial charge in [0.2, 0.25) is 5.91 Å². The van der Waals surface area contributed by atoms with Crippen LogP contribution in [0.25, 0.3) is 6.08 Å². The minimum atomic E-state index is -1.14. The number of hydrogen-bond donors (Lipinski definition) is 3. The number of aliphatic carboxylic acids is 1. The third-order valence-corrected chi connectivity index (χ3v) is 5.14. The van der Waals surface area contributed by atoms with Crippen molar-refractivity contribution < 1.29 is 29.3 Å². The quantitative estimate of drug-likeness (QED) is 0.428. The molecule has 1 aromatic carbocycles. The summed E-state index contributed by atoms with van der Waals surface area (Å²) in [5, 5.41) is 20.9. The van der Waals surface area contributed by atoms with Crippen molar-refractivity contribution in [2.24, 2.45) is 0 Å². The van der Waals surface area contributed by atoms with Gasteiger partial charge in [-0.25, -0.2) is 0 Å². The van der Waals surface area contributed by atoms with Crippen molar-refractivity contribution in [3.63, 3.8) is 0 Å². The van der Waals surface area contributed by atoms with Gasteiger partial charge in [0.05, 0.1) is 11.5 Å². The summed E-state index contributed by atoms with van der Waals surface area (Å²) < 4.78 is 5.65. The second kappa shape index (κ2) is 9.56. The van der Waals surface area contributed by atoms with E-state index in [1.807, 2.05) is 0 Å². The molecule has 8 nitrogen and oxygen atoms in total. The van der Waals surface area contributed by atoms with Gasteiger partial charge >= 0.3 is 5.97 Å². The van der Waals surface area contributed by atoms with Gasteiger partial charge in [0, 0.05) is 13.0 Å². The number of carbonyl (C=O) groups is 3. The minimum absolute atomic E-state index is 0.00755. The Hall–Kier alpha value is -2.59. The summed E-state index contributed by atoms with van der Waals surface area (Å²) in [6, 6.07) is 3.73. The standard InChI is InChI=1S/C18H20N2O6S2/c1-3-26-13-8-11(4-5-12(13)21)9-14-16(23)20(18(27)28-14)7-6-15(22)19-10(2)17(24)25/h4-5,8-10,21H,3,6-7H2,1-2H3,(H,19,22)(H,24,25)/b14-9-. The Balaban J connectivity index is 2.05. The summed E-state index contributed by atoms with van der Waals surface area (Å²) in [7, 11) is 0. The van der Waals surface area contributed by atoms with Gasteiger partial charge in [0.25, 0.3) is 5.91 Å². The van der Waals surface area contributed by atoms with Crippen molar-refractivity contribution in [2.75, 3.05) is 13.2 Å². The van der Waals surface area contributed by atoms with Crippen molar-refractivity contribution in [2.45, 2.75) is 26.3 Å². The number of carbonyl (C=O) groups excluding carboxylic acids is 2. The second-order valence-electron chi connectivity index (χ2n) is 5.87. The zero-order valence-electron chi connectivity index (χ0n) is 15.3. The molecule has 3 N–H and O–H groups in total. The lowest BCUT2D eigenvalue weighted by atomic mass is 10.2. The van der Waals surface area contributed by atoms with Gasteiger partial charge in [-0.05, 0) is 37.6 Å². The molecule has 1 saturated heterocycles.